The fourth-order valence-electron chi connectivity index (χ4n) is 3.47. The van der Waals surface area contributed by atoms with Crippen molar-refractivity contribution >= 4 is 29.5 Å². The molecule has 2 amide bonds. The van der Waals surface area contributed by atoms with Crippen LogP contribution in [0.1, 0.15) is 24.2 Å². The van der Waals surface area contributed by atoms with Crippen molar-refractivity contribution in [2.24, 2.45) is 0 Å². The second-order valence-electron chi connectivity index (χ2n) is 6.78. The number of carboxylic acid groups (broad SMARTS) is 1. The molecule has 3 rings (SSSR count). The maximum absolute atomic E-state index is 12.8. The Hall–Kier alpha value is -2.46. The average Bonchev–Trinajstić information content (AvgIpc) is 2.90. The normalized spacial score (nSPS) is 28.2. The lowest BCUT2D eigenvalue weighted by atomic mass is 9.93. The van der Waals surface area contributed by atoms with Crippen molar-refractivity contribution in [2.75, 3.05) is 14.2 Å². The third-order valence-electron chi connectivity index (χ3n) is 4.72. The molecule has 146 valence electrons. The minimum absolute atomic E-state index is 0.0271. The van der Waals surface area contributed by atoms with Crippen LogP contribution in [0.2, 0.25) is 0 Å². The third kappa shape index (κ3) is 2.71. The highest BCUT2D eigenvalue weighted by Crippen LogP contribution is 2.54. The van der Waals surface area contributed by atoms with E-state index in [0.717, 1.165) is 16.7 Å². The summed E-state index contributed by atoms with van der Waals surface area (Å²) in [5.41, 5.74) is -2.19. The van der Waals surface area contributed by atoms with Gasteiger partial charge in [0.1, 0.15) is 28.5 Å². The van der Waals surface area contributed by atoms with Crippen molar-refractivity contribution in [1.82, 2.24) is 10.2 Å². The Morgan fingerprint density at radius 3 is 2.26 bits per heavy atom. The number of rotatable bonds is 5. The molecule has 27 heavy (non-hydrogen) atoms. The number of hydrogen-bond acceptors (Lipinski definition) is 7. The molecule has 3 atom stereocenters. The predicted molar refractivity (Wildman–Crippen MR) is 95.7 cm³/mol. The summed E-state index contributed by atoms with van der Waals surface area (Å²) < 4.78 is 9.51. The molecule has 2 saturated heterocycles. The Morgan fingerprint density at radius 2 is 1.78 bits per heavy atom. The van der Waals surface area contributed by atoms with E-state index in [1.807, 2.05) is 0 Å². The second kappa shape index (κ2) is 6.31. The summed E-state index contributed by atoms with van der Waals surface area (Å²) in [4.78, 5) is 38.0. The van der Waals surface area contributed by atoms with E-state index in [0.29, 0.717) is 0 Å². The molecular formula is C17H20N2O7S. The third-order valence-corrected chi connectivity index (χ3v) is 6.34. The molecule has 9 nitrogen and oxygen atoms in total. The number of aliphatic carboxylic acids is 1. The molecule has 0 saturated carbocycles. The Balaban J connectivity index is 1.91. The largest absolute Gasteiger partial charge is 0.496 e. The van der Waals surface area contributed by atoms with E-state index in [2.05, 4.69) is 5.32 Å². The van der Waals surface area contributed by atoms with Gasteiger partial charge in [-0.15, -0.1) is 11.8 Å². The van der Waals surface area contributed by atoms with E-state index in [-0.39, 0.29) is 17.1 Å². The molecule has 3 N–H and O–H groups in total. The van der Waals surface area contributed by atoms with Crippen molar-refractivity contribution < 1.29 is 34.1 Å². The number of ether oxygens (including phenoxy) is 2. The highest BCUT2D eigenvalue weighted by atomic mass is 32.2. The fraction of sp³-hybridized carbons (Fsp3) is 0.471. The van der Waals surface area contributed by atoms with Crippen LogP contribution >= 0.6 is 11.8 Å². The van der Waals surface area contributed by atoms with Gasteiger partial charge in [-0.25, -0.2) is 4.79 Å². The van der Waals surface area contributed by atoms with E-state index < -0.39 is 39.7 Å². The zero-order valence-electron chi connectivity index (χ0n) is 15.2. The molecule has 2 fully saturated rings. The number of aliphatic hydroxyl groups is 1. The molecule has 1 aromatic carbocycles. The highest BCUT2D eigenvalue weighted by Gasteiger charge is 2.72. The number of nitrogens with zero attached hydrogens (tertiary/aromatic N) is 1. The van der Waals surface area contributed by atoms with Gasteiger partial charge in [0.2, 0.25) is 5.72 Å². The molecular weight excluding hydrogens is 376 g/mol. The topological polar surface area (TPSA) is 125 Å². The van der Waals surface area contributed by atoms with Crippen LogP contribution < -0.4 is 14.8 Å². The summed E-state index contributed by atoms with van der Waals surface area (Å²) in [6.07, 6.45) is 0. The van der Waals surface area contributed by atoms with Gasteiger partial charge in [0.25, 0.3) is 11.8 Å². The van der Waals surface area contributed by atoms with Crippen molar-refractivity contribution in [3.8, 4) is 11.5 Å². The summed E-state index contributed by atoms with van der Waals surface area (Å²) in [6, 6.07) is 3.62. The van der Waals surface area contributed by atoms with Gasteiger partial charge in [0.05, 0.1) is 14.2 Å². The number of amides is 2. The number of carboxylic acids is 1. The number of nitrogens with one attached hydrogen (secondary N) is 1. The lowest BCUT2D eigenvalue weighted by molar-refractivity contribution is -0.191. The van der Waals surface area contributed by atoms with Gasteiger partial charge >= 0.3 is 5.97 Å². The van der Waals surface area contributed by atoms with Crippen molar-refractivity contribution in [1.29, 1.82) is 0 Å². The summed E-state index contributed by atoms with van der Waals surface area (Å²) in [5.74, 6) is -2.37. The molecule has 0 bridgehead atoms. The van der Waals surface area contributed by atoms with Crippen molar-refractivity contribution in [3.63, 3.8) is 0 Å². The Morgan fingerprint density at radius 1 is 1.22 bits per heavy atom. The first-order valence-electron chi connectivity index (χ1n) is 8.07. The lowest BCUT2D eigenvalue weighted by Gasteiger charge is -2.49. The number of carbonyl (C=O) groups is 3. The molecule has 0 radical (unpaired) electrons. The zero-order chi connectivity index (χ0) is 20.1. The van der Waals surface area contributed by atoms with Gasteiger partial charge in [-0.1, -0.05) is 6.07 Å². The molecule has 1 aromatic rings. The maximum atomic E-state index is 12.8. The maximum Gasteiger partial charge on any atom is 0.327 e. The number of thioether (sulfide) groups is 1. The van der Waals surface area contributed by atoms with Crippen LogP contribution in [-0.2, 0) is 9.59 Å². The monoisotopic (exact) mass is 396 g/mol. The second-order valence-corrected chi connectivity index (χ2v) is 8.52. The Kier molecular flexibility index (Phi) is 4.51. The van der Waals surface area contributed by atoms with Crippen molar-refractivity contribution in [2.45, 2.75) is 35.7 Å². The molecule has 2 heterocycles. The Labute approximate surface area is 159 Å². The van der Waals surface area contributed by atoms with Gasteiger partial charge in [0.15, 0.2) is 0 Å². The fourth-order valence-corrected chi connectivity index (χ4v) is 5.05. The first-order chi connectivity index (χ1) is 12.6. The van der Waals surface area contributed by atoms with Crippen LogP contribution in [0.5, 0.6) is 11.5 Å². The summed E-state index contributed by atoms with van der Waals surface area (Å²) >= 11 is 1.12. The number of hydrogen-bond donors (Lipinski definition) is 3. The van der Waals surface area contributed by atoms with Crippen LogP contribution in [0.25, 0.3) is 0 Å². The van der Waals surface area contributed by atoms with Gasteiger partial charge in [-0.2, -0.15) is 0 Å². The van der Waals surface area contributed by atoms with Crippen LogP contribution in [0.15, 0.2) is 18.2 Å². The quantitative estimate of drug-likeness (QED) is 0.478. The molecule has 0 aromatic heterocycles. The molecule has 0 aliphatic carbocycles. The van der Waals surface area contributed by atoms with E-state index >= 15 is 0 Å². The minimum Gasteiger partial charge on any atom is -0.496 e. The van der Waals surface area contributed by atoms with Gasteiger partial charge in [0, 0.05) is 4.75 Å². The molecule has 0 spiro atoms. The van der Waals surface area contributed by atoms with Gasteiger partial charge in [-0.05, 0) is 26.0 Å². The summed E-state index contributed by atoms with van der Waals surface area (Å²) in [5, 5.41) is 21.7. The van der Waals surface area contributed by atoms with Crippen LogP contribution in [0, 0.1) is 0 Å². The van der Waals surface area contributed by atoms with E-state index in [1.165, 1.54) is 14.2 Å². The minimum atomic E-state index is -2.21. The SMILES string of the molecule is COc1cccc(OC)c1C(=O)N[C@]1(O)C(=O)N2[C@@H](C(=O)O)C(C)(C)S[C@@H]21. The highest BCUT2D eigenvalue weighted by molar-refractivity contribution is 8.01. The number of methoxy groups -OCH3 is 2. The zero-order valence-corrected chi connectivity index (χ0v) is 16.0. The van der Waals surface area contributed by atoms with Gasteiger partial charge < -0.3 is 29.9 Å². The average molecular weight is 396 g/mol. The molecule has 10 heteroatoms. The number of fused-ring (bicyclic) bond motifs is 1. The predicted octanol–water partition coefficient (Wildman–Crippen LogP) is 0.269. The van der Waals surface area contributed by atoms with E-state index in [1.54, 1.807) is 32.0 Å². The van der Waals surface area contributed by atoms with Crippen LogP contribution in [-0.4, -0.2) is 69.0 Å². The van der Waals surface area contributed by atoms with E-state index in [9.17, 15) is 24.6 Å². The Bertz CT molecular complexity index is 805. The molecule has 0 unspecified atom stereocenters. The number of benzene rings is 1. The summed E-state index contributed by atoms with van der Waals surface area (Å²) in [7, 11) is 2.76. The first kappa shape index (κ1) is 19.3. The lowest BCUT2D eigenvalue weighted by Crippen LogP contribution is -2.79. The molecule has 2 aliphatic rings. The number of carbonyl (C=O) groups excluding carboxylic acids is 2. The van der Waals surface area contributed by atoms with Gasteiger partial charge in [-0.3, -0.25) is 9.59 Å². The first-order valence-corrected chi connectivity index (χ1v) is 8.95. The van der Waals surface area contributed by atoms with Crippen molar-refractivity contribution in [3.05, 3.63) is 23.8 Å². The van der Waals surface area contributed by atoms with E-state index in [4.69, 9.17) is 9.47 Å². The number of β-lactam (4-membered cyclic amide) rings is 1. The standard InChI is InChI=1S/C17H20N2O7S/c1-16(2)11(13(21)22)19-14(23)17(24,15(19)27-16)18-12(20)10-8(25-3)6-5-7-9(10)26-4/h5-7,11,15,24H,1-4H3,(H,18,20)(H,21,22)/t11-,15+,17-/m0/s1. The smallest absolute Gasteiger partial charge is 0.327 e. The van der Waals surface area contributed by atoms with Crippen LogP contribution in [0.3, 0.4) is 0 Å². The molecule has 2 aliphatic heterocycles. The summed E-state index contributed by atoms with van der Waals surface area (Å²) in [6.45, 7) is 3.35. The van der Waals surface area contributed by atoms with Crippen LogP contribution in [0.4, 0.5) is 0 Å².